The van der Waals surface area contributed by atoms with Crippen LogP contribution in [0, 0.1) is 17.2 Å². The maximum Gasteiger partial charge on any atom is 0.246 e. The fourth-order valence-corrected chi connectivity index (χ4v) is 5.43. The molecule has 0 spiro atoms. The van der Waals surface area contributed by atoms with Crippen molar-refractivity contribution >= 4 is 33.2 Å². The minimum absolute atomic E-state index is 0.0102. The highest BCUT2D eigenvalue weighted by atomic mass is 35.5. The second-order valence-corrected chi connectivity index (χ2v) is 9.59. The summed E-state index contributed by atoms with van der Waals surface area (Å²) in [6.45, 7) is 2.51. The third-order valence-electron chi connectivity index (χ3n) is 5.08. The van der Waals surface area contributed by atoms with E-state index in [0.717, 1.165) is 5.56 Å². The highest BCUT2D eigenvalue weighted by Gasteiger charge is 2.35. The zero-order valence-electron chi connectivity index (χ0n) is 17.2. The van der Waals surface area contributed by atoms with Gasteiger partial charge in [-0.05, 0) is 55.7 Å². The van der Waals surface area contributed by atoms with Gasteiger partial charge in [-0.2, -0.15) is 9.57 Å². The van der Waals surface area contributed by atoms with Crippen LogP contribution in [0.1, 0.15) is 25.3 Å². The number of hydrogen-bond acceptors (Lipinski definition) is 5. The monoisotopic (exact) mass is 461 g/mol. The van der Waals surface area contributed by atoms with Crippen LogP contribution in [0.2, 0.25) is 5.02 Å². The summed E-state index contributed by atoms with van der Waals surface area (Å²) in [6, 6.07) is 13.6. The molecule has 9 heteroatoms. The second kappa shape index (κ2) is 10.1. The topological polar surface area (TPSA) is 99.5 Å². The van der Waals surface area contributed by atoms with Crippen molar-refractivity contribution in [1.29, 1.82) is 5.26 Å². The van der Waals surface area contributed by atoms with Gasteiger partial charge >= 0.3 is 0 Å². The van der Waals surface area contributed by atoms with Crippen LogP contribution in [-0.4, -0.2) is 38.3 Å². The Morgan fingerprint density at radius 2 is 2.03 bits per heavy atom. The minimum Gasteiger partial charge on any atom is -0.492 e. The smallest absolute Gasteiger partial charge is 0.246 e. The van der Waals surface area contributed by atoms with Crippen LogP contribution in [0.5, 0.6) is 5.75 Å². The number of benzene rings is 2. The predicted molar refractivity (Wildman–Crippen MR) is 118 cm³/mol. The number of nitrogens with zero attached hydrogens (tertiary/aromatic N) is 2. The molecule has 1 fully saturated rings. The standard InChI is InChI=1S/C22H24ClN3O4S/c1-2-30-20-10-7-18(23)14-21(20)31(28,29)26-13-3-4-17(15-26)22(27)25-19-8-5-16(6-9-19)11-12-24/h5-10,14,17H,2-4,11,13,15H2,1H3,(H,25,27). The molecule has 1 unspecified atom stereocenters. The predicted octanol–water partition coefficient (Wildman–Crippen LogP) is 3.84. The third-order valence-corrected chi connectivity index (χ3v) is 7.20. The van der Waals surface area contributed by atoms with Crippen LogP contribution in [0.15, 0.2) is 47.4 Å². The number of ether oxygens (including phenoxy) is 1. The van der Waals surface area contributed by atoms with Gasteiger partial charge in [-0.1, -0.05) is 23.7 Å². The van der Waals surface area contributed by atoms with E-state index in [-0.39, 0.29) is 23.1 Å². The molecule has 2 aromatic rings. The lowest BCUT2D eigenvalue weighted by molar-refractivity contribution is -0.120. The summed E-state index contributed by atoms with van der Waals surface area (Å²) < 4.78 is 33.4. The fourth-order valence-electron chi connectivity index (χ4n) is 3.51. The number of amides is 1. The van der Waals surface area contributed by atoms with Gasteiger partial charge in [-0.3, -0.25) is 4.79 Å². The first-order valence-electron chi connectivity index (χ1n) is 10.0. The van der Waals surface area contributed by atoms with Crippen molar-refractivity contribution in [2.75, 3.05) is 25.0 Å². The number of carbonyl (C=O) groups excluding carboxylic acids is 1. The van der Waals surface area contributed by atoms with E-state index in [1.165, 1.54) is 10.4 Å². The summed E-state index contributed by atoms with van der Waals surface area (Å²) in [5.74, 6) is -0.461. The number of sulfonamides is 1. The van der Waals surface area contributed by atoms with Crippen LogP contribution in [-0.2, 0) is 21.2 Å². The molecule has 1 N–H and O–H groups in total. The maximum atomic E-state index is 13.3. The van der Waals surface area contributed by atoms with Gasteiger partial charge in [-0.25, -0.2) is 8.42 Å². The normalized spacial score (nSPS) is 17.0. The zero-order valence-corrected chi connectivity index (χ0v) is 18.7. The molecule has 1 amide bonds. The molecule has 0 bridgehead atoms. The Kier molecular flexibility index (Phi) is 7.55. The van der Waals surface area contributed by atoms with Gasteiger partial charge in [0.1, 0.15) is 10.6 Å². The van der Waals surface area contributed by atoms with Crippen molar-refractivity contribution < 1.29 is 17.9 Å². The Morgan fingerprint density at radius 3 is 2.71 bits per heavy atom. The van der Waals surface area contributed by atoms with E-state index in [2.05, 4.69) is 11.4 Å². The largest absolute Gasteiger partial charge is 0.492 e. The van der Waals surface area contributed by atoms with E-state index in [4.69, 9.17) is 21.6 Å². The molecular weight excluding hydrogens is 438 g/mol. The molecule has 1 aliphatic rings. The average Bonchev–Trinajstić information content (AvgIpc) is 2.76. The van der Waals surface area contributed by atoms with E-state index in [9.17, 15) is 13.2 Å². The first kappa shape index (κ1) is 23.1. The molecule has 0 aromatic heterocycles. The van der Waals surface area contributed by atoms with Gasteiger partial charge in [0, 0.05) is 23.8 Å². The van der Waals surface area contributed by atoms with Gasteiger partial charge in [0.15, 0.2) is 0 Å². The number of nitriles is 1. The van der Waals surface area contributed by atoms with Crippen molar-refractivity contribution in [2.24, 2.45) is 5.92 Å². The molecule has 1 saturated heterocycles. The van der Waals surface area contributed by atoms with Gasteiger partial charge in [0.25, 0.3) is 0 Å². The van der Waals surface area contributed by atoms with Crippen molar-refractivity contribution in [2.45, 2.75) is 31.1 Å². The maximum absolute atomic E-state index is 13.3. The highest BCUT2D eigenvalue weighted by molar-refractivity contribution is 7.89. The molecule has 164 valence electrons. The zero-order chi connectivity index (χ0) is 22.4. The summed E-state index contributed by atoms with van der Waals surface area (Å²) in [6.07, 6.45) is 1.47. The van der Waals surface area contributed by atoms with E-state index in [1.807, 2.05) is 0 Å². The lowest BCUT2D eigenvalue weighted by Crippen LogP contribution is -2.43. The molecule has 1 heterocycles. The highest BCUT2D eigenvalue weighted by Crippen LogP contribution is 2.32. The molecular formula is C22H24ClN3O4S. The van der Waals surface area contributed by atoms with Crippen molar-refractivity contribution in [1.82, 2.24) is 4.31 Å². The molecule has 0 aliphatic carbocycles. The minimum atomic E-state index is -3.88. The fraction of sp³-hybridized carbons (Fsp3) is 0.364. The summed E-state index contributed by atoms with van der Waals surface area (Å²) in [5.41, 5.74) is 1.47. The van der Waals surface area contributed by atoms with E-state index in [0.29, 0.717) is 43.1 Å². The lowest BCUT2D eigenvalue weighted by atomic mass is 9.98. The number of piperidine rings is 1. The van der Waals surface area contributed by atoms with E-state index in [1.54, 1.807) is 43.3 Å². The first-order valence-corrected chi connectivity index (χ1v) is 11.9. The van der Waals surface area contributed by atoms with Gasteiger partial charge in [0.2, 0.25) is 15.9 Å². The number of rotatable bonds is 7. The Hall–Kier alpha value is -2.60. The first-order chi connectivity index (χ1) is 14.8. The van der Waals surface area contributed by atoms with Gasteiger partial charge in [0.05, 0.1) is 25.0 Å². The SMILES string of the molecule is CCOc1ccc(Cl)cc1S(=O)(=O)N1CCCC(C(=O)Nc2ccc(CC#N)cc2)C1. The number of halogens is 1. The Balaban J connectivity index is 1.74. The lowest BCUT2D eigenvalue weighted by Gasteiger charge is -2.31. The van der Waals surface area contributed by atoms with Crippen LogP contribution in [0.4, 0.5) is 5.69 Å². The summed E-state index contributed by atoms with van der Waals surface area (Å²) in [5, 5.41) is 11.9. The van der Waals surface area contributed by atoms with Crippen LogP contribution < -0.4 is 10.1 Å². The molecule has 2 aromatic carbocycles. The molecule has 0 saturated carbocycles. The Labute approximate surface area is 187 Å². The van der Waals surface area contributed by atoms with Crippen molar-refractivity contribution in [3.8, 4) is 11.8 Å². The summed E-state index contributed by atoms with van der Waals surface area (Å²) in [4.78, 5) is 12.8. The molecule has 0 radical (unpaired) electrons. The molecule has 1 atom stereocenters. The van der Waals surface area contributed by atoms with Crippen LogP contribution in [0.25, 0.3) is 0 Å². The van der Waals surface area contributed by atoms with Crippen LogP contribution in [0.3, 0.4) is 0 Å². The summed E-state index contributed by atoms with van der Waals surface area (Å²) >= 11 is 6.04. The van der Waals surface area contributed by atoms with Crippen LogP contribution >= 0.6 is 11.6 Å². The van der Waals surface area contributed by atoms with Crippen molar-refractivity contribution in [3.05, 3.63) is 53.1 Å². The van der Waals surface area contributed by atoms with Gasteiger partial charge < -0.3 is 10.1 Å². The van der Waals surface area contributed by atoms with E-state index >= 15 is 0 Å². The molecule has 7 nitrogen and oxygen atoms in total. The number of nitrogens with one attached hydrogen (secondary N) is 1. The Morgan fingerprint density at radius 1 is 1.29 bits per heavy atom. The van der Waals surface area contributed by atoms with Crippen molar-refractivity contribution in [3.63, 3.8) is 0 Å². The number of carbonyl (C=O) groups is 1. The Bertz CT molecular complexity index is 1080. The molecule has 31 heavy (non-hydrogen) atoms. The summed E-state index contributed by atoms with van der Waals surface area (Å²) in [7, 11) is -3.88. The number of anilines is 1. The van der Waals surface area contributed by atoms with E-state index < -0.39 is 15.9 Å². The second-order valence-electron chi connectivity index (χ2n) is 7.25. The average molecular weight is 462 g/mol. The molecule has 3 rings (SSSR count). The quantitative estimate of drug-likeness (QED) is 0.675. The number of hydrogen-bond donors (Lipinski definition) is 1. The van der Waals surface area contributed by atoms with Gasteiger partial charge in [-0.15, -0.1) is 0 Å². The third kappa shape index (κ3) is 5.56. The molecule has 1 aliphatic heterocycles.